The fraction of sp³-hybridized carbons (Fsp3) is 0.222. The lowest BCUT2D eigenvalue weighted by atomic mass is 10.1. The van der Waals surface area contributed by atoms with Gasteiger partial charge >= 0.3 is 0 Å². The quantitative estimate of drug-likeness (QED) is 0.824. The van der Waals surface area contributed by atoms with Crippen molar-refractivity contribution < 1.29 is 14.0 Å². The Morgan fingerprint density at radius 1 is 1.12 bits per heavy atom. The number of halogens is 3. The van der Waals surface area contributed by atoms with Gasteiger partial charge in [-0.05, 0) is 48.4 Å². The zero-order valence-corrected chi connectivity index (χ0v) is 15.1. The molecule has 0 aliphatic heterocycles. The van der Waals surface area contributed by atoms with Crippen molar-refractivity contribution in [2.75, 3.05) is 18.0 Å². The Morgan fingerprint density at radius 3 is 2.40 bits per heavy atom. The fourth-order valence-electron chi connectivity index (χ4n) is 2.27. The number of carbonyl (C=O) groups excluding carboxylic acids is 2. The topological polar surface area (TPSA) is 49.4 Å². The smallest absolute Gasteiger partial charge is 0.240 e. The van der Waals surface area contributed by atoms with E-state index < -0.39 is 5.82 Å². The molecule has 0 saturated carbocycles. The van der Waals surface area contributed by atoms with Crippen molar-refractivity contribution in [1.82, 2.24) is 5.32 Å². The summed E-state index contributed by atoms with van der Waals surface area (Å²) in [5, 5.41) is 3.83. The van der Waals surface area contributed by atoms with E-state index in [1.54, 1.807) is 18.2 Å². The van der Waals surface area contributed by atoms with Gasteiger partial charge in [-0.3, -0.25) is 9.59 Å². The van der Waals surface area contributed by atoms with Crippen molar-refractivity contribution in [2.24, 2.45) is 0 Å². The lowest BCUT2D eigenvalue weighted by Crippen LogP contribution is -2.40. The molecule has 0 spiro atoms. The second kappa shape index (κ2) is 8.83. The van der Waals surface area contributed by atoms with Crippen LogP contribution in [0.5, 0.6) is 0 Å². The second-order valence-electron chi connectivity index (χ2n) is 5.42. The molecular formula is C18H17Cl2FN2O2. The first-order valence-corrected chi connectivity index (χ1v) is 8.36. The van der Waals surface area contributed by atoms with Crippen LogP contribution in [0.3, 0.4) is 0 Å². The van der Waals surface area contributed by atoms with Gasteiger partial charge in [0.1, 0.15) is 12.4 Å². The molecule has 2 aromatic carbocycles. The van der Waals surface area contributed by atoms with Crippen LogP contribution in [-0.4, -0.2) is 24.9 Å². The molecule has 0 heterocycles. The van der Waals surface area contributed by atoms with Gasteiger partial charge in [0.05, 0.1) is 0 Å². The molecule has 0 atom stereocenters. The molecule has 0 unspecified atom stereocenters. The number of rotatable bonds is 6. The normalized spacial score (nSPS) is 10.4. The molecule has 2 aromatic rings. The van der Waals surface area contributed by atoms with Crippen molar-refractivity contribution >= 4 is 40.7 Å². The van der Waals surface area contributed by atoms with Crippen LogP contribution in [-0.2, 0) is 16.0 Å². The molecule has 25 heavy (non-hydrogen) atoms. The molecule has 4 nitrogen and oxygen atoms in total. The molecule has 7 heteroatoms. The third-order valence-corrected chi connectivity index (χ3v) is 4.14. The van der Waals surface area contributed by atoms with Crippen LogP contribution in [0.25, 0.3) is 0 Å². The summed E-state index contributed by atoms with van der Waals surface area (Å²) in [6.07, 6.45) is 0.540. The average Bonchev–Trinajstić information content (AvgIpc) is 2.55. The predicted octanol–water partition coefficient (Wildman–Crippen LogP) is 3.84. The van der Waals surface area contributed by atoms with Gasteiger partial charge in [0.15, 0.2) is 0 Å². The average molecular weight is 383 g/mol. The minimum atomic E-state index is -0.406. The Hall–Kier alpha value is -2.11. The number of nitrogens with zero attached hydrogens (tertiary/aromatic N) is 1. The maximum Gasteiger partial charge on any atom is 0.240 e. The first-order valence-electron chi connectivity index (χ1n) is 7.61. The molecule has 1 N–H and O–H groups in total. The number of hydrogen-bond donors (Lipinski definition) is 1. The van der Waals surface area contributed by atoms with Gasteiger partial charge in [-0.1, -0.05) is 29.3 Å². The van der Waals surface area contributed by atoms with Crippen LogP contribution in [0, 0.1) is 5.82 Å². The number of hydrogen-bond acceptors (Lipinski definition) is 2. The Labute approximate surface area is 155 Å². The van der Waals surface area contributed by atoms with Crippen LogP contribution in [0.2, 0.25) is 10.0 Å². The van der Waals surface area contributed by atoms with Crippen LogP contribution in [0.4, 0.5) is 10.1 Å². The third kappa shape index (κ3) is 5.73. The molecule has 0 bridgehead atoms. The molecule has 0 saturated heterocycles. The highest BCUT2D eigenvalue weighted by Gasteiger charge is 2.15. The second-order valence-corrected chi connectivity index (χ2v) is 6.26. The highest BCUT2D eigenvalue weighted by atomic mass is 35.5. The Morgan fingerprint density at radius 2 is 1.80 bits per heavy atom. The number of anilines is 1. The first kappa shape index (κ1) is 19.2. The summed E-state index contributed by atoms with van der Waals surface area (Å²) in [6, 6.07) is 10.6. The third-order valence-electron chi connectivity index (χ3n) is 3.55. The Kier molecular flexibility index (Phi) is 6.79. The predicted molar refractivity (Wildman–Crippen MR) is 97.6 cm³/mol. The maximum atomic E-state index is 13.0. The monoisotopic (exact) mass is 382 g/mol. The molecule has 0 aliphatic rings. The zero-order valence-electron chi connectivity index (χ0n) is 13.6. The summed E-state index contributed by atoms with van der Waals surface area (Å²) in [4.78, 5) is 25.1. The zero-order chi connectivity index (χ0) is 18.4. The number of amides is 2. The molecule has 0 fully saturated rings. The van der Waals surface area contributed by atoms with Gasteiger partial charge in [-0.25, -0.2) is 4.39 Å². The van der Waals surface area contributed by atoms with Gasteiger partial charge in [0.2, 0.25) is 11.8 Å². The van der Waals surface area contributed by atoms with Crippen LogP contribution >= 0.6 is 23.2 Å². The molecule has 2 rings (SSSR count). The summed E-state index contributed by atoms with van der Waals surface area (Å²) in [6.45, 7) is 1.58. The molecule has 0 radical (unpaired) electrons. The van der Waals surface area contributed by atoms with Crippen LogP contribution in [0.15, 0.2) is 42.5 Å². The molecule has 2 amide bonds. The van der Waals surface area contributed by atoms with Crippen molar-refractivity contribution in [2.45, 2.75) is 13.3 Å². The first-order chi connectivity index (χ1) is 11.9. The minimum Gasteiger partial charge on any atom is -0.354 e. The van der Waals surface area contributed by atoms with E-state index in [4.69, 9.17) is 23.2 Å². The number of nitrogens with one attached hydrogen (secondary N) is 1. The largest absolute Gasteiger partial charge is 0.354 e. The van der Waals surface area contributed by atoms with Gasteiger partial charge < -0.3 is 10.2 Å². The Balaban J connectivity index is 1.91. The highest BCUT2D eigenvalue weighted by molar-refractivity contribution is 6.35. The molecule has 0 aromatic heterocycles. The summed E-state index contributed by atoms with van der Waals surface area (Å²) in [5.74, 6) is -1.02. The van der Waals surface area contributed by atoms with Gasteiger partial charge in [0, 0.05) is 29.2 Å². The van der Waals surface area contributed by atoms with Gasteiger partial charge in [-0.15, -0.1) is 0 Å². The van der Waals surface area contributed by atoms with E-state index in [-0.39, 0.29) is 18.4 Å². The fourth-order valence-corrected chi connectivity index (χ4v) is 2.77. The lowest BCUT2D eigenvalue weighted by Gasteiger charge is -2.20. The van der Waals surface area contributed by atoms with E-state index in [0.29, 0.717) is 28.7 Å². The van der Waals surface area contributed by atoms with E-state index in [2.05, 4.69) is 5.32 Å². The van der Waals surface area contributed by atoms with Crippen molar-refractivity contribution in [3.8, 4) is 0 Å². The standard InChI is InChI=1S/C18H17Cl2FN2O2/c1-12(24)23(16-6-4-15(21)5-7-16)11-18(25)22-9-8-13-2-3-14(19)10-17(13)20/h2-7,10H,8-9,11H2,1H3,(H,22,25). The molecular weight excluding hydrogens is 366 g/mol. The summed E-state index contributed by atoms with van der Waals surface area (Å²) in [7, 11) is 0. The van der Waals surface area contributed by atoms with E-state index in [9.17, 15) is 14.0 Å². The van der Waals surface area contributed by atoms with Gasteiger partial charge in [0.25, 0.3) is 0 Å². The van der Waals surface area contributed by atoms with Gasteiger partial charge in [-0.2, -0.15) is 0 Å². The Bertz CT molecular complexity index is 766. The van der Waals surface area contributed by atoms with Crippen molar-refractivity contribution in [1.29, 1.82) is 0 Å². The highest BCUT2D eigenvalue weighted by Crippen LogP contribution is 2.21. The van der Waals surface area contributed by atoms with E-state index in [1.165, 1.54) is 36.1 Å². The number of benzene rings is 2. The maximum absolute atomic E-state index is 13.0. The summed E-state index contributed by atoms with van der Waals surface area (Å²) < 4.78 is 13.0. The number of carbonyl (C=O) groups is 2. The summed E-state index contributed by atoms with van der Waals surface area (Å²) in [5.41, 5.74) is 1.33. The van der Waals surface area contributed by atoms with E-state index in [0.717, 1.165) is 5.56 Å². The van der Waals surface area contributed by atoms with Crippen LogP contribution < -0.4 is 10.2 Å². The van der Waals surface area contributed by atoms with E-state index in [1.807, 2.05) is 0 Å². The van der Waals surface area contributed by atoms with Crippen LogP contribution in [0.1, 0.15) is 12.5 Å². The van der Waals surface area contributed by atoms with Crippen molar-refractivity contribution in [3.63, 3.8) is 0 Å². The molecule has 132 valence electrons. The van der Waals surface area contributed by atoms with Crippen molar-refractivity contribution in [3.05, 3.63) is 63.9 Å². The SMILES string of the molecule is CC(=O)N(CC(=O)NCCc1ccc(Cl)cc1Cl)c1ccc(F)cc1. The lowest BCUT2D eigenvalue weighted by molar-refractivity contribution is -0.123. The minimum absolute atomic E-state index is 0.144. The van der Waals surface area contributed by atoms with E-state index >= 15 is 0 Å². The summed E-state index contributed by atoms with van der Waals surface area (Å²) >= 11 is 11.9. The molecule has 0 aliphatic carbocycles.